The highest BCUT2D eigenvalue weighted by atomic mass is 16.6. The molecular weight excluding hydrogens is 224 g/mol. The second-order valence-electron chi connectivity index (χ2n) is 3.11. The lowest BCUT2D eigenvalue weighted by Gasteiger charge is -2.02. The smallest absolute Gasteiger partial charge is 0.345 e. The summed E-state index contributed by atoms with van der Waals surface area (Å²) >= 11 is 0. The van der Waals surface area contributed by atoms with Crippen molar-refractivity contribution >= 4 is 17.9 Å². The van der Waals surface area contributed by atoms with Crippen molar-refractivity contribution in [2.45, 2.75) is 13.3 Å². The van der Waals surface area contributed by atoms with Gasteiger partial charge in [-0.2, -0.15) is 0 Å². The first-order valence-corrected chi connectivity index (χ1v) is 5.09. The molecule has 17 heavy (non-hydrogen) atoms. The van der Waals surface area contributed by atoms with Gasteiger partial charge in [0, 0.05) is 0 Å². The summed E-state index contributed by atoms with van der Waals surface area (Å²) in [6.07, 6.45) is -0.563. The molecule has 0 bridgehead atoms. The Morgan fingerprint density at radius 3 is 2.29 bits per heavy atom. The van der Waals surface area contributed by atoms with Crippen molar-refractivity contribution < 1.29 is 23.9 Å². The number of esters is 3. The minimum absolute atomic E-state index is 0.179. The van der Waals surface area contributed by atoms with Gasteiger partial charge in [-0.1, -0.05) is 18.2 Å². The molecule has 5 nitrogen and oxygen atoms in total. The van der Waals surface area contributed by atoms with E-state index in [1.54, 1.807) is 25.1 Å². The number of carbonyl (C=O) groups excluding carboxylic acids is 3. The van der Waals surface area contributed by atoms with Gasteiger partial charge in [-0.05, 0) is 19.1 Å². The van der Waals surface area contributed by atoms with Crippen LogP contribution < -0.4 is 0 Å². The molecule has 0 aliphatic heterocycles. The summed E-state index contributed by atoms with van der Waals surface area (Å²) in [5.74, 6) is -2.41. The molecule has 1 rings (SSSR count). The Kier molecular flexibility index (Phi) is 4.87. The summed E-state index contributed by atoms with van der Waals surface area (Å²) in [4.78, 5) is 33.5. The molecule has 0 aromatic heterocycles. The van der Waals surface area contributed by atoms with Gasteiger partial charge >= 0.3 is 17.9 Å². The quantitative estimate of drug-likeness (QED) is 0.582. The third-order valence-corrected chi connectivity index (χ3v) is 1.81. The summed E-state index contributed by atoms with van der Waals surface area (Å²) in [6, 6.07) is 8.05. The Labute approximate surface area is 98.3 Å². The Morgan fingerprint density at radius 2 is 1.71 bits per heavy atom. The SMILES string of the molecule is CCOC(=O)CC(=O)OC(=O)c1ccccc1. The fourth-order valence-corrected chi connectivity index (χ4v) is 1.10. The Bertz CT molecular complexity index is 410. The maximum atomic E-state index is 11.4. The molecule has 0 N–H and O–H groups in total. The van der Waals surface area contributed by atoms with Crippen LogP contribution in [0.3, 0.4) is 0 Å². The van der Waals surface area contributed by atoms with E-state index < -0.39 is 24.3 Å². The first-order chi connectivity index (χ1) is 8.13. The van der Waals surface area contributed by atoms with Gasteiger partial charge in [-0.3, -0.25) is 9.59 Å². The summed E-state index contributed by atoms with van der Waals surface area (Å²) in [5, 5.41) is 0. The van der Waals surface area contributed by atoms with Gasteiger partial charge in [0.2, 0.25) is 0 Å². The highest BCUT2D eigenvalue weighted by molar-refractivity contribution is 6.01. The van der Waals surface area contributed by atoms with Crippen LogP contribution in [0.25, 0.3) is 0 Å². The third kappa shape index (κ3) is 4.46. The van der Waals surface area contributed by atoms with Crippen molar-refractivity contribution in [1.29, 1.82) is 0 Å². The number of hydrogen-bond donors (Lipinski definition) is 0. The molecule has 0 fully saturated rings. The lowest BCUT2D eigenvalue weighted by molar-refractivity contribution is -0.151. The van der Waals surface area contributed by atoms with Gasteiger partial charge in [-0.15, -0.1) is 0 Å². The second-order valence-corrected chi connectivity index (χ2v) is 3.11. The summed E-state index contributed by atoms with van der Waals surface area (Å²) in [6.45, 7) is 1.80. The molecule has 0 radical (unpaired) electrons. The standard InChI is InChI=1S/C12H12O5/c1-2-16-10(13)8-11(14)17-12(15)9-6-4-3-5-7-9/h3-7H,2,8H2,1H3. The first-order valence-electron chi connectivity index (χ1n) is 5.09. The van der Waals surface area contributed by atoms with Gasteiger partial charge < -0.3 is 9.47 Å². The first kappa shape index (κ1) is 12.9. The molecule has 0 saturated heterocycles. The maximum Gasteiger partial charge on any atom is 0.345 e. The minimum atomic E-state index is -0.919. The number of carbonyl (C=O) groups is 3. The zero-order valence-corrected chi connectivity index (χ0v) is 9.34. The number of ether oxygens (including phenoxy) is 2. The van der Waals surface area contributed by atoms with Gasteiger partial charge in [-0.25, -0.2) is 4.79 Å². The van der Waals surface area contributed by atoms with E-state index in [1.165, 1.54) is 12.1 Å². The van der Waals surface area contributed by atoms with E-state index in [0.717, 1.165) is 0 Å². The maximum absolute atomic E-state index is 11.4. The van der Waals surface area contributed by atoms with Crippen LogP contribution >= 0.6 is 0 Å². The van der Waals surface area contributed by atoms with E-state index >= 15 is 0 Å². The lowest BCUT2D eigenvalue weighted by Crippen LogP contribution is -2.17. The summed E-state index contributed by atoms with van der Waals surface area (Å²) in [5.41, 5.74) is 0.254. The molecule has 0 aliphatic rings. The molecule has 5 heteroatoms. The van der Waals surface area contributed by atoms with Crippen LogP contribution in [0.4, 0.5) is 0 Å². The van der Waals surface area contributed by atoms with Gasteiger partial charge in [0.1, 0.15) is 6.42 Å². The van der Waals surface area contributed by atoms with Crippen LogP contribution in [0.2, 0.25) is 0 Å². The van der Waals surface area contributed by atoms with E-state index in [0.29, 0.717) is 0 Å². The molecule has 0 amide bonds. The van der Waals surface area contributed by atoms with Crippen LogP contribution in [0.15, 0.2) is 30.3 Å². The monoisotopic (exact) mass is 236 g/mol. The van der Waals surface area contributed by atoms with Crippen molar-refractivity contribution in [3.63, 3.8) is 0 Å². The molecule has 1 aromatic rings. The van der Waals surface area contributed by atoms with E-state index in [2.05, 4.69) is 9.47 Å². The molecule has 1 aromatic carbocycles. The van der Waals surface area contributed by atoms with Gasteiger partial charge in [0.25, 0.3) is 0 Å². The Balaban J connectivity index is 2.47. The highest BCUT2D eigenvalue weighted by Gasteiger charge is 2.16. The highest BCUT2D eigenvalue weighted by Crippen LogP contribution is 2.02. The summed E-state index contributed by atoms with van der Waals surface area (Å²) in [7, 11) is 0. The largest absolute Gasteiger partial charge is 0.466 e. The van der Waals surface area contributed by atoms with Gasteiger partial charge in [0.15, 0.2) is 0 Å². The van der Waals surface area contributed by atoms with Crippen LogP contribution in [-0.4, -0.2) is 24.5 Å². The second kappa shape index (κ2) is 6.42. The van der Waals surface area contributed by atoms with Crippen molar-refractivity contribution in [2.75, 3.05) is 6.61 Å². The van der Waals surface area contributed by atoms with Crippen LogP contribution in [0.5, 0.6) is 0 Å². The van der Waals surface area contributed by atoms with Crippen LogP contribution in [0.1, 0.15) is 23.7 Å². The van der Waals surface area contributed by atoms with Crippen molar-refractivity contribution in [2.24, 2.45) is 0 Å². The van der Waals surface area contributed by atoms with E-state index in [1.807, 2.05) is 0 Å². The normalized spacial score (nSPS) is 9.47. The predicted octanol–water partition coefficient (Wildman–Crippen LogP) is 1.32. The molecule has 0 saturated carbocycles. The number of hydrogen-bond acceptors (Lipinski definition) is 5. The van der Waals surface area contributed by atoms with Crippen molar-refractivity contribution in [1.82, 2.24) is 0 Å². The molecule has 0 atom stereocenters. The molecule has 90 valence electrons. The van der Waals surface area contributed by atoms with Crippen molar-refractivity contribution in [3.8, 4) is 0 Å². The zero-order chi connectivity index (χ0) is 12.7. The Morgan fingerprint density at radius 1 is 1.06 bits per heavy atom. The van der Waals surface area contributed by atoms with Crippen LogP contribution in [-0.2, 0) is 19.1 Å². The van der Waals surface area contributed by atoms with Crippen LogP contribution in [0, 0.1) is 0 Å². The average molecular weight is 236 g/mol. The molecular formula is C12H12O5. The van der Waals surface area contributed by atoms with E-state index in [-0.39, 0.29) is 12.2 Å². The van der Waals surface area contributed by atoms with E-state index in [4.69, 9.17) is 0 Å². The fraction of sp³-hybridized carbons (Fsp3) is 0.250. The molecule has 0 spiro atoms. The third-order valence-electron chi connectivity index (χ3n) is 1.81. The molecule has 0 heterocycles. The molecule has 0 aliphatic carbocycles. The van der Waals surface area contributed by atoms with E-state index in [9.17, 15) is 14.4 Å². The minimum Gasteiger partial charge on any atom is -0.466 e. The van der Waals surface area contributed by atoms with Gasteiger partial charge in [0.05, 0.1) is 12.2 Å². The average Bonchev–Trinajstić information content (AvgIpc) is 2.30. The predicted molar refractivity (Wildman–Crippen MR) is 58.1 cm³/mol. The van der Waals surface area contributed by atoms with Crippen molar-refractivity contribution in [3.05, 3.63) is 35.9 Å². The fourth-order valence-electron chi connectivity index (χ4n) is 1.10. The number of benzene rings is 1. The summed E-state index contributed by atoms with van der Waals surface area (Å²) < 4.78 is 9.02. The topological polar surface area (TPSA) is 69.7 Å². The zero-order valence-electron chi connectivity index (χ0n) is 9.34. The number of rotatable bonds is 4. The molecule has 0 unspecified atom stereocenters. The lowest BCUT2D eigenvalue weighted by atomic mass is 10.2. The Hall–Kier alpha value is -2.17.